The summed E-state index contributed by atoms with van der Waals surface area (Å²) in [7, 11) is 0. The van der Waals surface area contributed by atoms with Crippen LogP contribution in [0, 0.1) is 5.82 Å². The maximum Gasteiger partial charge on any atom is 0.258 e. The minimum absolute atomic E-state index is 0.0773. The van der Waals surface area contributed by atoms with Crippen molar-refractivity contribution >= 4 is 51.8 Å². The molecule has 2 nitrogen and oxygen atoms in total. The molecule has 0 spiro atoms. The number of carbonyl (C=O) groups is 1. The van der Waals surface area contributed by atoms with Crippen LogP contribution in [0.15, 0.2) is 45.8 Å². The van der Waals surface area contributed by atoms with Crippen LogP contribution >= 0.6 is 40.2 Å². The van der Waals surface area contributed by atoms with E-state index in [0.717, 1.165) is 4.47 Å². The topological polar surface area (TPSA) is 29.1 Å². The number of thiol groups is 1. The average Bonchev–Trinajstić information content (AvgIpc) is 2.35. The molecule has 0 heterocycles. The first-order chi connectivity index (χ1) is 8.97. The first kappa shape index (κ1) is 14.4. The lowest BCUT2D eigenvalue weighted by Crippen LogP contribution is -2.14. The highest BCUT2D eigenvalue weighted by Gasteiger charge is 2.13. The zero-order valence-corrected chi connectivity index (χ0v) is 12.7. The summed E-state index contributed by atoms with van der Waals surface area (Å²) in [6, 6.07) is 9.03. The minimum atomic E-state index is -0.608. The maximum absolute atomic E-state index is 13.6. The van der Waals surface area contributed by atoms with Crippen LogP contribution in [0.2, 0.25) is 5.02 Å². The second kappa shape index (κ2) is 5.94. The number of carbonyl (C=O) groups excluding carboxylic acids is 1. The number of nitrogens with one attached hydrogen (secondary N) is 1. The first-order valence-electron chi connectivity index (χ1n) is 5.22. The van der Waals surface area contributed by atoms with Crippen LogP contribution in [-0.4, -0.2) is 5.91 Å². The van der Waals surface area contributed by atoms with Crippen molar-refractivity contribution in [1.82, 2.24) is 0 Å². The van der Waals surface area contributed by atoms with Gasteiger partial charge in [-0.3, -0.25) is 4.79 Å². The summed E-state index contributed by atoms with van der Waals surface area (Å²) in [5.74, 6) is -1.18. The Bertz CT molecular complexity index is 651. The van der Waals surface area contributed by atoms with Gasteiger partial charge in [-0.05, 0) is 36.4 Å². The lowest BCUT2D eigenvalue weighted by molar-refractivity contribution is 0.102. The van der Waals surface area contributed by atoms with Crippen LogP contribution in [-0.2, 0) is 0 Å². The predicted octanol–water partition coefficient (Wildman–Crippen LogP) is 4.78. The zero-order valence-electron chi connectivity index (χ0n) is 9.45. The molecule has 2 aromatic rings. The van der Waals surface area contributed by atoms with Gasteiger partial charge in [-0.15, -0.1) is 12.6 Å². The van der Waals surface area contributed by atoms with Crippen molar-refractivity contribution in [3.05, 3.63) is 57.3 Å². The fourth-order valence-electron chi connectivity index (χ4n) is 1.47. The van der Waals surface area contributed by atoms with Crippen molar-refractivity contribution in [3.8, 4) is 0 Å². The summed E-state index contributed by atoms with van der Waals surface area (Å²) in [4.78, 5) is 12.5. The van der Waals surface area contributed by atoms with Gasteiger partial charge in [0.05, 0.1) is 16.3 Å². The van der Waals surface area contributed by atoms with Crippen LogP contribution < -0.4 is 5.32 Å². The normalized spacial score (nSPS) is 10.3. The fourth-order valence-corrected chi connectivity index (χ4v) is 2.39. The summed E-state index contributed by atoms with van der Waals surface area (Å²) in [5, 5.41) is 2.92. The number of benzene rings is 2. The molecule has 2 rings (SSSR count). The summed E-state index contributed by atoms with van der Waals surface area (Å²) >= 11 is 13.3. The lowest BCUT2D eigenvalue weighted by Gasteiger charge is -2.08. The third-order valence-electron chi connectivity index (χ3n) is 2.37. The van der Waals surface area contributed by atoms with E-state index in [1.165, 1.54) is 18.2 Å². The van der Waals surface area contributed by atoms with E-state index in [9.17, 15) is 9.18 Å². The SMILES string of the molecule is O=C(Nc1ccc(Br)cc1Cl)c1cc(S)ccc1F. The van der Waals surface area contributed by atoms with E-state index in [0.29, 0.717) is 15.6 Å². The fraction of sp³-hybridized carbons (Fsp3) is 0. The van der Waals surface area contributed by atoms with Crippen LogP contribution in [0.25, 0.3) is 0 Å². The Hall–Kier alpha value is -1.04. The Morgan fingerprint density at radius 1 is 1.26 bits per heavy atom. The van der Waals surface area contributed by atoms with Gasteiger partial charge in [-0.25, -0.2) is 4.39 Å². The molecule has 0 aliphatic carbocycles. The number of hydrogen-bond acceptors (Lipinski definition) is 2. The molecule has 0 bridgehead atoms. The van der Waals surface area contributed by atoms with E-state index >= 15 is 0 Å². The largest absolute Gasteiger partial charge is 0.321 e. The lowest BCUT2D eigenvalue weighted by atomic mass is 10.2. The Labute approximate surface area is 128 Å². The van der Waals surface area contributed by atoms with Crippen molar-refractivity contribution in [2.24, 2.45) is 0 Å². The molecule has 0 saturated carbocycles. The van der Waals surface area contributed by atoms with E-state index in [4.69, 9.17) is 11.6 Å². The molecule has 2 aromatic carbocycles. The van der Waals surface area contributed by atoms with Crippen LogP contribution in [0.5, 0.6) is 0 Å². The summed E-state index contributed by atoms with van der Waals surface area (Å²) < 4.78 is 14.3. The van der Waals surface area contributed by atoms with Crippen molar-refractivity contribution in [3.63, 3.8) is 0 Å². The second-order valence-electron chi connectivity index (χ2n) is 3.74. The van der Waals surface area contributed by atoms with Gasteiger partial charge in [0, 0.05) is 9.37 Å². The van der Waals surface area contributed by atoms with Crippen LogP contribution in [0.1, 0.15) is 10.4 Å². The molecular formula is C13H8BrClFNOS. The second-order valence-corrected chi connectivity index (χ2v) is 5.58. The van der Waals surface area contributed by atoms with Gasteiger partial charge in [-0.1, -0.05) is 27.5 Å². The Morgan fingerprint density at radius 3 is 2.68 bits per heavy atom. The molecule has 6 heteroatoms. The maximum atomic E-state index is 13.6. The van der Waals surface area contributed by atoms with Crippen molar-refractivity contribution in [1.29, 1.82) is 0 Å². The summed E-state index contributed by atoms with van der Waals surface area (Å²) in [5.41, 5.74) is 0.338. The zero-order chi connectivity index (χ0) is 14.0. The smallest absolute Gasteiger partial charge is 0.258 e. The third-order valence-corrected chi connectivity index (χ3v) is 3.46. The highest BCUT2D eigenvalue weighted by atomic mass is 79.9. The highest BCUT2D eigenvalue weighted by molar-refractivity contribution is 9.10. The van der Waals surface area contributed by atoms with Crippen LogP contribution in [0.4, 0.5) is 10.1 Å². The molecule has 0 radical (unpaired) electrons. The van der Waals surface area contributed by atoms with E-state index in [1.54, 1.807) is 18.2 Å². The highest BCUT2D eigenvalue weighted by Crippen LogP contribution is 2.26. The van der Waals surface area contributed by atoms with Crippen LogP contribution in [0.3, 0.4) is 0 Å². The van der Waals surface area contributed by atoms with Gasteiger partial charge in [0.2, 0.25) is 0 Å². The van der Waals surface area contributed by atoms with Gasteiger partial charge in [-0.2, -0.15) is 0 Å². The molecule has 98 valence electrons. The monoisotopic (exact) mass is 359 g/mol. The van der Waals surface area contributed by atoms with Gasteiger partial charge in [0.1, 0.15) is 5.82 Å². The number of anilines is 1. The Balaban J connectivity index is 2.28. The number of rotatable bonds is 2. The van der Waals surface area contributed by atoms with E-state index in [1.807, 2.05) is 0 Å². The first-order valence-corrected chi connectivity index (χ1v) is 6.84. The van der Waals surface area contributed by atoms with Gasteiger partial charge < -0.3 is 5.32 Å². The number of amides is 1. The molecule has 0 saturated heterocycles. The molecule has 0 atom stereocenters. The number of halogens is 3. The predicted molar refractivity (Wildman–Crippen MR) is 80.8 cm³/mol. The van der Waals surface area contributed by atoms with E-state index < -0.39 is 11.7 Å². The summed E-state index contributed by atoms with van der Waals surface area (Å²) in [6.07, 6.45) is 0. The van der Waals surface area contributed by atoms with Crippen molar-refractivity contribution in [2.75, 3.05) is 5.32 Å². The molecule has 0 fully saturated rings. The molecule has 1 amide bonds. The molecule has 0 aliphatic heterocycles. The number of hydrogen-bond donors (Lipinski definition) is 2. The summed E-state index contributed by atoms with van der Waals surface area (Å²) in [6.45, 7) is 0. The van der Waals surface area contributed by atoms with Gasteiger partial charge in [0.15, 0.2) is 0 Å². The van der Waals surface area contributed by atoms with E-state index in [2.05, 4.69) is 33.9 Å². The minimum Gasteiger partial charge on any atom is -0.321 e. The van der Waals surface area contributed by atoms with Gasteiger partial charge in [0.25, 0.3) is 5.91 Å². The molecular weight excluding hydrogens is 353 g/mol. The molecule has 1 N–H and O–H groups in total. The Kier molecular flexibility index (Phi) is 4.50. The quantitative estimate of drug-likeness (QED) is 0.741. The molecule has 0 unspecified atom stereocenters. The van der Waals surface area contributed by atoms with Crippen molar-refractivity contribution in [2.45, 2.75) is 4.90 Å². The van der Waals surface area contributed by atoms with Gasteiger partial charge >= 0.3 is 0 Å². The molecule has 0 aromatic heterocycles. The standard InChI is InChI=1S/C13H8BrClFNOS/c14-7-1-4-12(10(15)5-7)17-13(18)9-6-8(19)2-3-11(9)16/h1-6,19H,(H,17,18). The van der Waals surface area contributed by atoms with Crippen molar-refractivity contribution < 1.29 is 9.18 Å². The van der Waals surface area contributed by atoms with E-state index in [-0.39, 0.29) is 5.56 Å². The Morgan fingerprint density at radius 2 is 2.00 bits per heavy atom. The third kappa shape index (κ3) is 3.49. The average molecular weight is 361 g/mol. The molecule has 0 aliphatic rings. The molecule has 19 heavy (non-hydrogen) atoms.